The second-order valence-electron chi connectivity index (χ2n) is 4.82. The number of nitrogen functional groups attached to an aromatic ring is 1. The number of hydrogen-bond acceptors (Lipinski definition) is 3. The highest BCUT2D eigenvalue weighted by atomic mass is 16.3. The van der Waals surface area contributed by atoms with Gasteiger partial charge >= 0.3 is 0 Å². The highest BCUT2D eigenvalue weighted by Crippen LogP contribution is 2.18. The number of phenolic OH excluding ortho intramolecular Hbond substituents is 1. The van der Waals surface area contributed by atoms with Crippen LogP contribution in [0.3, 0.4) is 0 Å². The van der Waals surface area contributed by atoms with Crippen LogP contribution in [0.5, 0.6) is 5.75 Å². The van der Waals surface area contributed by atoms with Gasteiger partial charge in [0.25, 0.3) is 0 Å². The zero-order valence-corrected chi connectivity index (χ0v) is 11.6. The summed E-state index contributed by atoms with van der Waals surface area (Å²) in [5, 5.41) is 9.46. The molecule has 0 radical (unpaired) electrons. The topological polar surface area (TPSA) is 63.3 Å². The van der Waals surface area contributed by atoms with Crippen molar-refractivity contribution in [3.63, 3.8) is 0 Å². The van der Waals surface area contributed by atoms with Gasteiger partial charge in [0.1, 0.15) is 5.75 Å². The highest BCUT2D eigenvalue weighted by molar-refractivity contribution is 6.07. The van der Waals surface area contributed by atoms with Gasteiger partial charge in [-0.2, -0.15) is 0 Å². The number of aryl methyl sites for hydroxylation is 2. The molecular weight excluding hydrogens is 250 g/mol. The quantitative estimate of drug-likeness (QED) is 0.508. The molecule has 102 valence electrons. The summed E-state index contributed by atoms with van der Waals surface area (Å²) in [7, 11) is 0. The van der Waals surface area contributed by atoms with E-state index in [9.17, 15) is 9.90 Å². The number of carbonyl (C=O) groups excluding carboxylic acids is 1. The first kappa shape index (κ1) is 13.9. The maximum Gasteiger partial charge on any atom is 0.186 e. The molecule has 2 rings (SSSR count). The Balaban J connectivity index is 2.22. The van der Waals surface area contributed by atoms with Crippen LogP contribution < -0.4 is 5.73 Å². The fraction of sp³-hybridized carbons (Fsp3) is 0.118. The van der Waals surface area contributed by atoms with Crippen LogP contribution in [0.25, 0.3) is 6.08 Å². The minimum atomic E-state index is -0.0618. The largest absolute Gasteiger partial charge is 0.508 e. The third-order valence-electron chi connectivity index (χ3n) is 3.16. The van der Waals surface area contributed by atoms with Gasteiger partial charge in [0.05, 0.1) is 0 Å². The molecule has 0 aromatic heterocycles. The molecule has 0 saturated heterocycles. The number of rotatable bonds is 3. The maximum absolute atomic E-state index is 12.1. The van der Waals surface area contributed by atoms with Crippen molar-refractivity contribution in [1.29, 1.82) is 0 Å². The molecule has 0 spiro atoms. The van der Waals surface area contributed by atoms with E-state index in [1.165, 1.54) is 6.08 Å². The van der Waals surface area contributed by atoms with Crippen LogP contribution in [-0.2, 0) is 0 Å². The first-order valence-electron chi connectivity index (χ1n) is 6.35. The average Bonchev–Trinajstić information content (AvgIpc) is 2.40. The molecule has 2 aromatic rings. The fourth-order valence-electron chi connectivity index (χ4n) is 2.01. The second-order valence-corrected chi connectivity index (χ2v) is 4.82. The van der Waals surface area contributed by atoms with Gasteiger partial charge in [-0.25, -0.2) is 0 Å². The molecule has 3 nitrogen and oxygen atoms in total. The van der Waals surface area contributed by atoms with E-state index in [4.69, 9.17) is 5.73 Å². The van der Waals surface area contributed by atoms with E-state index in [2.05, 4.69) is 0 Å². The van der Waals surface area contributed by atoms with Crippen molar-refractivity contribution in [3.8, 4) is 5.75 Å². The predicted molar refractivity (Wildman–Crippen MR) is 81.8 cm³/mol. The second kappa shape index (κ2) is 5.61. The molecule has 2 aromatic carbocycles. The number of aromatic hydroxyl groups is 1. The summed E-state index contributed by atoms with van der Waals surface area (Å²) in [5.74, 6) is 0.191. The molecule has 0 bridgehead atoms. The molecule has 3 N–H and O–H groups in total. The molecule has 0 unspecified atom stereocenters. The Morgan fingerprint density at radius 3 is 2.50 bits per heavy atom. The molecule has 3 heteroatoms. The lowest BCUT2D eigenvalue weighted by Crippen LogP contribution is -1.99. The third kappa shape index (κ3) is 3.06. The van der Waals surface area contributed by atoms with Gasteiger partial charge in [-0.05, 0) is 66.9 Å². The number of hydrogen-bond donors (Lipinski definition) is 2. The van der Waals surface area contributed by atoms with Crippen molar-refractivity contribution in [2.24, 2.45) is 0 Å². The first-order valence-corrected chi connectivity index (χ1v) is 6.35. The normalized spacial score (nSPS) is 10.9. The van der Waals surface area contributed by atoms with Crippen LogP contribution in [0.2, 0.25) is 0 Å². The minimum absolute atomic E-state index is 0.0618. The first-order chi connectivity index (χ1) is 9.47. The number of phenols is 1. The molecule has 0 aliphatic heterocycles. The Morgan fingerprint density at radius 2 is 1.85 bits per heavy atom. The Bertz CT molecular complexity index is 687. The lowest BCUT2D eigenvalue weighted by Gasteiger charge is -2.03. The van der Waals surface area contributed by atoms with Gasteiger partial charge in [-0.1, -0.05) is 12.1 Å². The average molecular weight is 267 g/mol. The lowest BCUT2D eigenvalue weighted by molar-refractivity contribution is 0.104. The lowest BCUT2D eigenvalue weighted by atomic mass is 10.0. The van der Waals surface area contributed by atoms with Crippen LogP contribution in [-0.4, -0.2) is 10.9 Å². The van der Waals surface area contributed by atoms with E-state index in [0.29, 0.717) is 11.3 Å². The number of benzene rings is 2. The van der Waals surface area contributed by atoms with E-state index in [1.807, 2.05) is 19.9 Å². The van der Waals surface area contributed by atoms with Gasteiger partial charge in [-0.3, -0.25) is 4.79 Å². The molecule has 0 aliphatic rings. The SMILES string of the molecule is Cc1cc(/C=C/C(=O)c2ccc(N)cc2C)ccc1O. The van der Waals surface area contributed by atoms with Crippen LogP contribution >= 0.6 is 0 Å². The zero-order chi connectivity index (χ0) is 14.7. The van der Waals surface area contributed by atoms with E-state index in [-0.39, 0.29) is 11.5 Å². The summed E-state index contributed by atoms with van der Waals surface area (Å²) in [5.41, 5.74) is 9.49. The number of carbonyl (C=O) groups is 1. The smallest absolute Gasteiger partial charge is 0.186 e. The van der Waals surface area contributed by atoms with Gasteiger partial charge in [-0.15, -0.1) is 0 Å². The van der Waals surface area contributed by atoms with E-state index in [0.717, 1.165) is 16.7 Å². The molecular formula is C17H17NO2. The van der Waals surface area contributed by atoms with E-state index in [1.54, 1.807) is 36.4 Å². The monoisotopic (exact) mass is 267 g/mol. The van der Waals surface area contributed by atoms with Gasteiger partial charge in [0.2, 0.25) is 0 Å². The van der Waals surface area contributed by atoms with Crippen molar-refractivity contribution in [1.82, 2.24) is 0 Å². The van der Waals surface area contributed by atoms with Crippen molar-refractivity contribution in [3.05, 3.63) is 64.7 Å². The van der Waals surface area contributed by atoms with E-state index < -0.39 is 0 Å². The van der Waals surface area contributed by atoms with E-state index >= 15 is 0 Å². The van der Waals surface area contributed by atoms with Crippen LogP contribution in [0, 0.1) is 13.8 Å². The van der Waals surface area contributed by atoms with Gasteiger partial charge in [0.15, 0.2) is 5.78 Å². The maximum atomic E-state index is 12.1. The number of nitrogens with two attached hydrogens (primary N) is 1. The summed E-state index contributed by atoms with van der Waals surface area (Å²) in [6.07, 6.45) is 3.27. The highest BCUT2D eigenvalue weighted by Gasteiger charge is 2.05. The van der Waals surface area contributed by atoms with Crippen molar-refractivity contribution in [2.75, 3.05) is 5.73 Å². The number of ketones is 1. The summed E-state index contributed by atoms with van der Waals surface area (Å²) < 4.78 is 0. The third-order valence-corrected chi connectivity index (χ3v) is 3.16. The molecule has 0 fully saturated rings. The van der Waals surface area contributed by atoms with Crippen molar-refractivity contribution >= 4 is 17.5 Å². The zero-order valence-electron chi connectivity index (χ0n) is 11.6. The molecule has 0 aliphatic carbocycles. The summed E-state index contributed by atoms with van der Waals surface area (Å²) >= 11 is 0. The summed E-state index contributed by atoms with van der Waals surface area (Å²) in [6.45, 7) is 3.68. The Morgan fingerprint density at radius 1 is 1.10 bits per heavy atom. The molecule has 0 amide bonds. The van der Waals surface area contributed by atoms with Crippen LogP contribution in [0.15, 0.2) is 42.5 Å². The van der Waals surface area contributed by atoms with Crippen molar-refractivity contribution in [2.45, 2.75) is 13.8 Å². The van der Waals surface area contributed by atoms with Crippen LogP contribution in [0.1, 0.15) is 27.0 Å². The number of allylic oxidation sites excluding steroid dienone is 1. The Hall–Kier alpha value is -2.55. The minimum Gasteiger partial charge on any atom is -0.508 e. The molecule has 0 atom stereocenters. The summed E-state index contributed by atoms with van der Waals surface area (Å²) in [6, 6.07) is 10.5. The van der Waals surface area contributed by atoms with Crippen LogP contribution in [0.4, 0.5) is 5.69 Å². The standard InChI is InChI=1S/C17H17NO2/c1-11-10-14(18)5-6-15(11)17(20)8-4-13-3-7-16(19)12(2)9-13/h3-10,19H,18H2,1-2H3/b8-4+. The van der Waals surface area contributed by atoms with Gasteiger partial charge < -0.3 is 10.8 Å². The molecule has 20 heavy (non-hydrogen) atoms. The Kier molecular flexibility index (Phi) is 3.89. The van der Waals surface area contributed by atoms with Gasteiger partial charge in [0, 0.05) is 11.3 Å². The number of anilines is 1. The molecule has 0 saturated carbocycles. The Labute approximate surface area is 118 Å². The molecule has 0 heterocycles. The van der Waals surface area contributed by atoms with Crippen molar-refractivity contribution < 1.29 is 9.90 Å². The fourth-order valence-corrected chi connectivity index (χ4v) is 2.01. The summed E-state index contributed by atoms with van der Waals surface area (Å²) in [4.78, 5) is 12.1. The predicted octanol–water partition coefficient (Wildman–Crippen LogP) is 3.49.